The molecular weight excluding hydrogens is 234 g/mol. The molecule has 18 heavy (non-hydrogen) atoms. The number of carbonyl (C=O) groups excluding carboxylic acids is 1. The number of carbonyl (C=O) groups is 1. The van der Waals surface area contributed by atoms with Gasteiger partial charge in [0.1, 0.15) is 5.82 Å². The van der Waals surface area contributed by atoms with Crippen LogP contribution < -0.4 is 11.5 Å². The van der Waals surface area contributed by atoms with Gasteiger partial charge in [-0.2, -0.15) is 15.0 Å². The molecule has 0 atom stereocenters. The van der Waals surface area contributed by atoms with Crippen LogP contribution in [0.15, 0.2) is 6.20 Å². The monoisotopic (exact) mass is 247 g/mol. The fourth-order valence-corrected chi connectivity index (χ4v) is 1.47. The van der Waals surface area contributed by atoms with Gasteiger partial charge >= 0.3 is 0 Å². The summed E-state index contributed by atoms with van der Waals surface area (Å²) in [5, 5.41) is 0. The number of hydrogen-bond acceptors (Lipinski definition) is 7. The molecule has 0 aliphatic carbocycles. The van der Waals surface area contributed by atoms with Crippen LogP contribution in [0.3, 0.4) is 0 Å². The van der Waals surface area contributed by atoms with Gasteiger partial charge in [0.2, 0.25) is 11.9 Å². The Morgan fingerprint density at radius 1 is 1.28 bits per heavy atom. The summed E-state index contributed by atoms with van der Waals surface area (Å²) < 4.78 is 0. The highest BCUT2D eigenvalue weighted by molar-refractivity contribution is 5.92. The van der Waals surface area contributed by atoms with Gasteiger partial charge in [0.05, 0.1) is 0 Å². The van der Waals surface area contributed by atoms with Crippen LogP contribution in [0.1, 0.15) is 28.6 Å². The Labute approximate surface area is 103 Å². The topological polar surface area (TPSA) is 136 Å². The molecule has 0 saturated heterocycles. The number of Topliss-reactive ketones (excluding diaryl/α,β-unsaturated/α-hetero) is 1. The lowest BCUT2D eigenvalue weighted by Crippen LogP contribution is -2.09. The van der Waals surface area contributed by atoms with Crippen LogP contribution in [0.4, 0.5) is 11.9 Å². The molecule has 2 aromatic rings. The van der Waals surface area contributed by atoms with E-state index in [2.05, 4.69) is 24.9 Å². The van der Waals surface area contributed by atoms with Crippen molar-refractivity contribution in [2.24, 2.45) is 0 Å². The Balaban J connectivity index is 2.01. The summed E-state index contributed by atoms with van der Waals surface area (Å²) in [7, 11) is 0. The summed E-state index contributed by atoms with van der Waals surface area (Å²) in [6.07, 6.45) is 2.18. The molecule has 2 aromatic heterocycles. The Morgan fingerprint density at radius 3 is 2.50 bits per heavy atom. The predicted molar refractivity (Wildman–Crippen MR) is 64.6 cm³/mol. The van der Waals surface area contributed by atoms with Crippen molar-refractivity contribution in [2.45, 2.75) is 19.8 Å². The minimum atomic E-state index is -0.111. The van der Waals surface area contributed by atoms with Crippen molar-refractivity contribution in [3.05, 3.63) is 23.5 Å². The number of aryl methyl sites for hydroxylation is 2. The second-order valence-corrected chi connectivity index (χ2v) is 3.81. The van der Waals surface area contributed by atoms with Crippen molar-refractivity contribution in [1.82, 2.24) is 24.9 Å². The van der Waals surface area contributed by atoms with Gasteiger partial charge in [-0.1, -0.05) is 0 Å². The maximum Gasteiger partial charge on any atom is 0.225 e. The van der Waals surface area contributed by atoms with E-state index in [9.17, 15) is 4.79 Å². The summed E-state index contributed by atoms with van der Waals surface area (Å²) in [5.74, 6) is 0.734. The van der Waals surface area contributed by atoms with E-state index < -0.39 is 0 Å². The molecule has 0 amide bonds. The summed E-state index contributed by atoms with van der Waals surface area (Å²) in [5.41, 5.74) is 11.7. The quantitative estimate of drug-likeness (QED) is 0.640. The SMILES string of the molecule is Cc1cnc(C(=O)CCc2nc(N)nc(N)n2)[nH]1. The van der Waals surface area contributed by atoms with Crippen LogP contribution in [0.5, 0.6) is 0 Å². The number of nitrogens with two attached hydrogens (primary N) is 2. The normalized spacial score (nSPS) is 10.5. The third-order valence-corrected chi connectivity index (χ3v) is 2.26. The lowest BCUT2D eigenvalue weighted by Gasteiger charge is -2.00. The zero-order valence-corrected chi connectivity index (χ0v) is 9.84. The highest BCUT2D eigenvalue weighted by atomic mass is 16.1. The van der Waals surface area contributed by atoms with Gasteiger partial charge in [0, 0.05) is 24.7 Å². The van der Waals surface area contributed by atoms with Gasteiger partial charge in [-0.05, 0) is 6.92 Å². The molecule has 0 aliphatic rings. The second kappa shape index (κ2) is 4.78. The first kappa shape index (κ1) is 12.0. The van der Waals surface area contributed by atoms with E-state index in [1.54, 1.807) is 6.20 Å². The number of hydrogen-bond donors (Lipinski definition) is 3. The zero-order chi connectivity index (χ0) is 13.1. The first-order chi connectivity index (χ1) is 8.54. The molecule has 8 nitrogen and oxygen atoms in total. The summed E-state index contributed by atoms with van der Waals surface area (Å²) in [6.45, 7) is 1.83. The number of aromatic nitrogens is 5. The number of nitrogen functional groups attached to an aromatic ring is 2. The molecule has 0 unspecified atom stereocenters. The number of imidazole rings is 1. The van der Waals surface area contributed by atoms with Crippen LogP contribution in [0.2, 0.25) is 0 Å². The second-order valence-electron chi connectivity index (χ2n) is 3.81. The molecule has 0 saturated carbocycles. The lowest BCUT2D eigenvalue weighted by atomic mass is 10.2. The molecule has 0 radical (unpaired) electrons. The molecule has 0 bridgehead atoms. The van der Waals surface area contributed by atoms with Crippen molar-refractivity contribution in [3.63, 3.8) is 0 Å². The number of ketones is 1. The van der Waals surface area contributed by atoms with Crippen LogP contribution >= 0.6 is 0 Å². The Bertz CT molecular complexity index is 557. The van der Waals surface area contributed by atoms with E-state index in [0.717, 1.165) is 5.69 Å². The molecule has 5 N–H and O–H groups in total. The van der Waals surface area contributed by atoms with Gasteiger partial charge in [-0.3, -0.25) is 4.79 Å². The third-order valence-electron chi connectivity index (χ3n) is 2.26. The van der Waals surface area contributed by atoms with E-state index in [-0.39, 0.29) is 24.1 Å². The average Bonchev–Trinajstić information content (AvgIpc) is 2.71. The van der Waals surface area contributed by atoms with Gasteiger partial charge in [-0.15, -0.1) is 0 Å². The number of rotatable bonds is 4. The molecule has 0 aromatic carbocycles. The molecule has 0 aliphatic heterocycles. The smallest absolute Gasteiger partial charge is 0.225 e. The van der Waals surface area contributed by atoms with Crippen molar-refractivity contribution in [2.75, 3.05) is 11.5 Å². The number of nitrogens with one attached hydrogen (secondary N) is 1. The maximum absolute atomic E-state index is 11.8. The van der Waals surface area contributed by atoms with E-state index in [1.165, 1.54) is 0 Å². The summed E-state index contributed by atoms with van der Waals surface area (Å²) in [6, 6.07) is 0. The van der Waals surface area contributed by atoms with Gasteiger partial charge in [-0.25, -0.2) is 4.98 Å². The van der Waals surface area contributed by atoms with Crippen molar-refractivity contribution in [1.29, 1.82) is 0 Å². The van der Waals surface area contributed by atoms with Crippen LogP contribution in [0.25, 0.3) is 0 Å². The maximum atomic E-state index is 11.8. The first-order valence-corrected chi connectivity index (χ1v) is 5.35. The van der Waals surface area contributed by atoms with Crippen molar-refractivity contribution in [3.8, 4) is 0 Å². The summed E-state index contributed by atoms with van der Waals surface area (Å²) in [4.78, 5) is 30.0. The molecule has 94 valence electrons. The third kappa shape index (κ3) is 2.78. The number of H-pyrrole nitrogens is 1. The van der Waals surface area contributed by atoms with Crippen LogP contribution in [-0.2, 0) is 6.42 Å². The fourth-order valence-electron chi connectivity index (χ4n) is 1.47. The minimum Gasteiger partial charge on any atom is -0.368 e. The molecule has 0 spiro atoms. The molecule has 2 rings (SSSR count). The molecular formula is C10H13N7O. The summed E-state index contributed by atoms with van der Waals surface area (Å²) >= 11 is 0. The molecule has 2 heterocycles. The minimum absolute atomic E-state index is 0.0544. The van der Waals surface area contributed by atoms with Crippen LogP contribution in [0, 0.1) is 6.92 Å². The van der Waals surface area contributed by atoms with E-state index in [1.807, 2.05) is 6.92 Å². The lowest BCUT2D eigenvalue weighted by molar-refractivity contribution is 0.0973. The van der Waals surface area contributed by atoms with Crippen molar-refractivity contribution < 1.29 is 4.79 Å². The number of nitrogens with zero attached hydrogens (tertiary/aromatic N) is 4. The van der Waals surface area contributed by atoms with Gasteiger partial charge in [0.15, 0.2) is 11.6 Å². The van der Waals surface area contributed by atoms with E-state index in [4.69, 9.17) is 11.5 Å². The largest absolute Gasteiger partial charge is 0.368 e. The van der Waals surface area contributed by atoms with Crippen LogP contribution in [-0.4, -0.2) is 30.7 Å². The standard InChI is InChI=1S/C10H13N7O/c1-5-4-13-8(14-5)6(18)2-3-7-15-9(11)17-10(12)16-7/h4H,2-3H2,1H3,(H,13,14)(H4,11,12,15,16,17). The highest BCUT2D eigenvalue weighted by Gasteiger charge is 2.11. The Kier molecular flexibility index (Phi) is 3.18. The zero-order valence-electron chi connectivity index (χ0n) is 9.84. The predicted octanol–water partition coefficient (Wildman–Crippen LogP) is -0.117. The number of anilines is 2. The molecule has 0 fully saturated rings. The van der Waals surface area contributed by atoms with Crippen molar-refractivity contribution >= 4 is 17.7 Å². The number of aromatic amines is 1. The van der Waals surface area contributed by atoms with E-state index in [0.29, 0.717) is 18.1 Å². The van der Waals surface area contributed by atoms with Gasteiger partial charge < -0.3 is 16.5 Å². The average molecular weight is 247 g/mol. The Morgan fingerprint density at radius 2 is 1.94 bits per heavy atom. The first-order valence-electron chi connectivity index (χ1n) is 5.35. The van der Waals surface area contributed by atoms with Gasteiger partial charge in [0.25, 0.3) is 0 Å². The highest BCUT2D eigenvalue weighted by Crippen LogP contribution is 2.05. The Hall–Kier alpha value is -2.51. The molecule has 8 heteroatoms. The fraction of sp³-hybridized carbons (Fsp3) is 0.300. The van der Waals surface area contributed by atoms with E-state index >= 15 is 0 Å².